The van der Waals surface area contributed by atoms with Gasteiger partial charge < -0.3 is 0 Å². The van der Waals surface area contributed by atoms with Gasteiger partial charge in [-0.2, -0.15) is 9.89 Å². The lowest BCUT2D eigenvalue weighted by Gasteiger charge is -2.27. The Labute approximate surface area is 97.9 Å². The van der Waals surface area contributed by atoms with Crippen LogP contribution in [0.2, 0.25) is 32.7 Å². The second-order valence-corrected chi connectivity index (χ2v) is 18.5. The third-order valence-corrected chi connectivity index (χ3v) is 14.8. The standard InChI is InChI=1S/C12H20SSi2/c1-14(2)13-11-8-6-7-10(11)9-12(13)15(3,4)5/h6-9,12H,1-5H3. The van der Waals surface area contributed by atoms with Gasteiger partial charge in [0, 0.05) is 17.3 Å². The Morgan fingerprint density at radius 1 is 1.27 bits per heavy atom. The largest absolute Gasteiger partial charge is 0.177 e. The van der Waals surface area contributed by atoms with E-state index in [0.29, 0.717) is 9.89 Å². The average molecular weight is 253 g/mol. The SMILES string of the molecule is C[Si](C)=S1C2=CC=CC2=CC1[Si](C)(C)C. The smallest absolute Gasteiger partial charge is 0.0627 e. The van der Waals surface area contributed by atoms with Crippen LogP contribution in [0.3, 0.4) is 0 Å². The van der Waals surface area contributed by atoms with Gasteiger partial charge in [0.05, 0.1) is 8.07 Å². The predicted octanol–water partition coefficient (Wildman–Crippen LogP) is 4.15. The van der Waals surface area contributed by atoms with Crippen LogP contribution in [-0.2, 0) is 0 Å². The summed E-state index contributed by atoms with van der Waals surface area (Å²) in [6, 6.07) is 0. The summed E-state index contributed by atoms with van der Waals surface area (Å²) in [5, 5.41) is 0. The molecule has 0 nitrogen and oxygen atoms in total. The Balaban J connectivity index is 2.52. The fourth-order valence-corrected chi connectivity index (χ4v) is 17.1. The number of hydrogen-bond donors (Lipinski definition) is 0. The van der Waals surface area contributed by atoms with Crippen LogP contribution in [0.15, 0.2) is 34.8 Å². The molecule has 0 bridgehead atoms. The molecular weight excluding hydrogens is 232 g/mol. The van der Waals surface area contributed by atoms with Crippen molar-refractivity contribution in [1.82, 2.24) is 0 Å². The normalized spacial score (nSPS) is 28.9. The summed E-state index contributed by atoms with van der Waals surface area (Å²) in [6.45, 7) is 12.5. The van der Waals surface area contributed by atoms with E-state index >= 15 is 0 Å². The third kappa shape index (κ3) is 1.97. The number of rotatable bonds is 1. The maximum Gasteiger partial charge on any atom is 0.0627 e. The molecule has 0 saturated heterocycles. The molecular formula is C12H20SSi2. The van der Waals surface area contributed by atoms with E-state index in [-0.39, 0.29) is 7.50 Å². The molecule has 0 spiro atoms. The van der Waals surface area contributed by atoms with Gasteiger partial charge in [0.25, 0.3) is 0 Å². The maximum absolute atomic E-state index is 2.59. The molecule has 2 aliphatic rings. The molecule has 0 aromatic carbocycles. The molecule has 1 aliphatic heterocycles. The monoisotopic (exact) mass is 252 g/mol. The predicted molar refractivity (Wildman–Crippen MR) is 77.5 cm³/mol. The molecule has 2 atom stereocenters. The molecule has 2 rings (SSSR count). The summed E-state index contributed by atoms with van der Waals surface area (Å²) in [5.74, 6) is 0. The van der Waals surface area contributed by atoms with Gasteiger partial charge in [-0.15, -0.1) is 0 Å². The Kier molecular flexibility index (Phi) is 2.90. The summed E-state index contributed by atoms with van der Waals surface area (Å²) in [6.07, 6.45) is 9.49. The number of allylic oxidation sites excluding steroid dienone is 4. The number of fused-ring (bicyclic) bond motifs is 1. The first-order chi connectivity index (χ1) is 6.91. The van der Waals surface area contributed by atoms with E-state index in [2.05, 4.69) is 57.0 Å². The van der Waals surface area contributed by atoms with E-state index < -0.39 is 8.07 Å². The molecule has 0 radical (unpaired) electrons. The zero-order chi connectivity index (χ0) is 11.2. The molecule has 1 heterocycles. The summed E-state index contributed by atoms with van der Waals surface area (Å²) in [4.78, 5) is 2.59. The van der Waals surface area contributed by atoms with Gasteiger partial charge in [0.1, 0.15) is 0 Å². The van der Waals surface area contributed by atoms with Crippen LogP contribution in [-0.4, -0.2) is 20.5 Å². The Morgan fingerprint density at radius 3 is 2.47 bits per heavy atom. The second kappa shape index (κ2) is 3.79. The van der Waals surface area contributed by atoms with Crippen LogP contribution in [0, 0.1) is 0 Å². The minimum atomic E-state index is -1.03. The molecule has 0 N–H and O–H groups in total. The highest BCUT2D eigenvalue weighted by molar-refractivity contribution is 8.26. The van der Waals surface area contributed by atoms with Crippen molar-refractivity contribution in [3.63, 3.8) is 0 Å². The third-order valence-electron chi connectivity index (χ3n) is 2.92. The fraction of sp³-hybridized carbons (Fsp3) is 0.500. The molecule has 15 heavy (non-hydrogen) atoms. The minimum Gasteiger partial charge on any atom is -0.177 e. The maximum atomic E-state index is 2.59. The molecule has 2 unspecified atom stereocenters. The van der Waals surface area contributed by atoms with Crippen molar-refractivity contribution >= 4 is 25.5 Å². The minimum absolute atomic E-state index is 0.194. The average Bonchev–Trinajstić information content (AvgIpc) is 2.56. The molecule has 0 amide bonds. The van der Waals surface area contributed by atoms with Crippen molar-refractivity contribution in [2.24, 2.45) is 0 Å². The van der Waals surface area contributed by atoms with Crippen LogP contribution in [0.5, 0.6) is 0 Å². The van der Waals surface area contributed by atoms with Crippen molar-refractivity contribution in [1.29, 1.82) is 0 Å². The summed E-state index contributed by atoms with van der Waals surface area (Å²) < 4.78 is 0. The van der Waals surface area contributed by atoms with Crippen molar-refractivity contribution in [2.75, 3.05) is 0 Å². The van der Waals surface area contributed by atoms with E-state index in [1.54, 1.807) is 10.5 Å². The van der Waals surface area contributed by atoms with E-state index in [0.717, 1.165) is 4.87 Å². The number of hydrogen-bond acceptors (Lipinski definition) is 0. The first kappa shape index (κ1) is 11.5. The van der Waals surface area contributed by atoms with Gasteiger partial charge in [-0.05, 0) is 11.6 Å². The van der Waals surface area contributed by atoms with Gasteiger partial charge in [-0.25, -0.2) is 0 Å². The fourth-order valence-electron chi connectivity index (χ4n) is 2.20. The lowest BCUT2D eigenvalue weighted by molar-refractivity contribution is 1.45. The first-order valence-corrected chi connectivity index (χ1v) is 13.6. The molecule has 82 valence electrons. The lowest BCUT2D eigenvalue weighted by Crippen LogP contribution is -2.34. The Hall–Kier alpha value is 0.00377. The zero-order valence-corrected chi connectivity index (χ0v) is 13.1. The van der Waals surface area contributed by atoms with Gasteiger partial charge >= 0.3 is 0 Å². The molecule has 0 aromatic rings. The van der Waals surface area contributed by atoms with Crippen molar-refractivity contribution in [2.45, 2.75) is 37.6 Å². The van der Waals surface area contributed by atoms with Crippen LogP contribution >= 0.6 is 9.89 Å². The van der Waals surface area contributed by atoms with Crippen molar-refractivity contribution < 1.29 is 0 Å². The van der Waals surface area contributed by atoms with Gasteiger partial charge in [-0.1, -0.05) is 51.0 Å². The highest BCUT2D eigenvalue weighted by Gasteiger charge is 2.35. The Morgan fingerprint density at radius 2 is 1.93 bits per heavy atom. The zero-order valence-electron chi connectivity index (χ0n) is 10.3. The van der Waals surface area contributed by atoms with Crippen LogP contribution in [0.25, 0.3) is 0 Å². The quantitative estimate of drug-likeness (QED) is 0.615. The van der Waals surface area contributed by atoms with Gasteiger partial charge in [-0.3, -0.25) is 0 Å². The summed E-state index contributed by atoms with van der Waals surface area (Å²) in [5.41, 5.74) is 1.55. The van der Waals surface area contributed by atoms with Crippen molar-refractivity contribution in [3.8, 4) is 0 Å². The molecule has 3 heteroatoms. The van der Waals surface area contributed by atoms with E-state index in [1.807, 2.05) is 0 Å². The topological polar surface area (TPSA) is 0 Å². The lowest BCUT2D eigenvalue weighted by atomic mass is 10.3. The first-order valence-electron chi connectivity index (χ1n) is 5.55. The summed E-state index contributed by atoms with van der Waals surface area (Å²) in [7, 11) is -0.645. The summed E-state index contributed by atoms with van der Waals surface area (Å²) >= 11 is 0. The van der Waals surface area contributed by atoms with Crippen LogP contribution < -0.4 is 0 Å². The molecule has 0 saturated carbocycles. The highest BCUT2D eigenvalue weighted by Crippen LogP contribution is 2.49. The molecule has 0 fully saturated rings. The van der Waals surface area contributed by atoms with Crippen LogP contribution in [0.4, 0.5) is 0 Å². The van der Waals surface area contributed by atoms with E-state index in [9.17, 15) is 0 Å². The Bertz CT molecular complexity index is 415. The van der Waals surface area contributed by atoms with E-state index in [4.69, 9.17) is 0 Å². The second-order valence-electron chi connectivity index (χ2n) is 5.54. The van der Waals surface area contributed by atoms with Crippen LogP contribution in [0.1, 0.15) is 0 Å². The van der Waals surface area contributed by atoms with Gasteiger partial charge in [0.2, 0.25) is 0 Å². The van der Waals surface area contributed by atoms with Gasteiger partial charge in [0.15, 0.2) is 0 Å². The highest BCUT2D eigenvalue weighted by atomic mass is 32.3. The van der Waals surface area contributed by atoms with Crippen molar-refractivity contribution in [3.05, 3.63) is 34.8 Å². The molecule has 0 aromatic heterocycles. The molecule has 1 aliphatic carbocycles. The van der Waals surface area contributed by atoms with E-state index in [1.165, 1.54) is 0 Å².